The molecular weight excluding hydrogens is 426 g/mol. The standard InChI is InChI=1S/C29H27NO4/c1-17-26(29(32)34-3)27(23-10-6-8-19-7-4-5-9-22(19)23)28-24(30-17)15-20(16-25(28)31)18-11-13-21(33-2)14-12-18/h4-14,20,27,30H,15-16H2,1-3H3. The molecule has 2 atom stereocenters. The molecule has 34 heavy (non-hydrogen) atoms. The lowest BCUT2D eigenvalue weighted by Gasteiger charge is -2.37. The van der Waals surface area contributed by atoms with Crippen LogP contribution in [0.4, 0.5) is 0 Å². The average Bonchev–Trinajstić information content (AvgIpc) is 2.87. The van der Waals surface area contributed by atoms with Gasteiger partial charge in [-0.2, -0.15) is 0 Å². The number of ether oxygens (including phenoxy) is 2. The molecule has 5 rings (SSSR count). The number of carbonyl (C=O) groups is 2. The molecule has 1 heterocycles. The van der Waals surface area contributed by atoms with E-state index >= 15 is 0 Å². The Morgan fingerprint density at radius 2 is 1.68 bits per heavy atom. The van der Waals surface area contributed by atoms with Gasteiger partial charge in [0.2, 0.25) is 0 Å². The Bertz CT molecular complexity index is 1340. The van der Waals surface area contributed by atoms with Gasteiger partial charge >= 0.3 is 5.97 Å². The van der Waals surface area contributed by atoms with E-state index in [4.69, 9.17) is 9.47 Å². The van der Waals surface area contributed by atoms with Gasteiger partial charge in [0, 0.05) is 29.3 Å². The summed E-state index contributed by atoms with van der Waals surface area (Å²) in [6, 6.07) is 22.0. The van der Waals surface area contributed by atoms with Crippen LogP contribution < -0.4 is 10.1 Å². The van der Waals surface area contributed by atoms with Crippen LogP contribution in [-0.4, -0.2) is 26.0 Å². The zero-order valence-corrected chi connectivity index (χ0v) is 19.6. The molecule has 0 fully saturated rings. The largest absolute Gasteiger partial charge is 0.497 e. The minimum atomic E-state index is -0.473. The first-order chi connectivity index (χ1) is 16.5. The lowest BCUT2D eigenvalue weighted by Crippen LogP contribution is -2.36. The van der Waals surface area contributed by atoms with Crippen molar-refractivity contribution in [3.05, 3.63) is 100 Å². The first-order valence-corrected chi connectivity index (χ1v) is 11.5. The number of rotatable bonds is 4. The number of ketones is 1. The lowest BCUT2D eigenvalue weighted by atomic mass is 9.71. The predicted molar refractivity (Wildman–Crippen MR) is 132 cm³/mol. The number of allylic oxidation sites excluding steroid dienone is 3. The fourth-order valence-corrected chi connectivity index (χ4v) is 5.34. The van der Waals surface area contributed by atoms with Crippen molar-refractivity contribution in [2.75, 3.05) is 14.2 Å². The molecule has 172 valence electrons. The van der Waals surface area contributed by atoms with Crippen molar-refractivity contribution in [3.63, 3.8) is 0 Å². The minimum absolute atomic E-state index is 0.0569. The van der Waals surface area contributed by atoms with Crippen LogP contribution in [-0.2, 0) is 14.3 Å². The molecule has 2 unspecified atom stereocenters. The number of methoxy groups -OCH3 is 2. The van der Waals surface area contributed by atoms with Gasteiger partial charge in [0.25, 0.3) is 0 Å². The molecule has 0 bridgehead atoms. The molecule has 0 spiro atoms. The first kappa shape index (κ1) is 22.0. The van der Waals surface area contributed by atoms with Crippen LogP contribution in [0, 0.1) is 0 Å². The second-order valence-corrected chi connectivity index (χ2v) is 8.85. The molecule has 3 aromatic rings. The summed E-state index contributed by atoms with van der Waals surface area (Å²) in [7, 11) is 3.03. The third-order valence-electron chi connectivity index (χ3n) is 6.95. The van der Waals surface area contributed by atoms with E-state index in [2.05, 4.69) is 5.32 Å². The van der Waals surface area contributed by atoms with E-state index in [0.29, 0.717) is 24.0 Å². The number of hydrogen-bond donors (Lipinski definition) is 1. The number of esters is 1. The van der Waals surface area contributed by atoms with E-state index in [1.807, 2.05) is 73.7 Å². The van der Waals surface area contributed by atoms with E-state index in [1.165, 1.54) is 7.11 Å². The summed E-state index contributed by atoms with van der Waals surface area (Å²) in [6.45, 7) is 1.88. The minimum Gasteiger partial charge on any atom is -0.497 e. The zero-order chi connectivity index (χ0) is 23.8. The van der Waals surface area contributed by atoms with Crippen LogP contribution in [0.5, 0.6) is 5.75 Å². The molecule has 0 aromatic heterocycles. The Morgan fingerprint density at radius 3 is 2.41 bits per heavy atom. The fourth-order valence-electron chi connectivity index (χ4n) is 5.34. The third kappa shape index (κ3) is 3.67. The molecule has 0 saturated heterocycles. The summed E-state index contributed by atoms with van der Waals surface area (Å²) in [4.78, 5) is 26.7. The van der Waals surface area contributed by atoms with Gasteiger partial charge in [-0.3, -0.25) is 4.79 Å². The van der Waals surface area contributed by atoms with Crippen molar-refractivity contribution < 1.29 is 19.1 Å². The van der Waals surface area contributed by atoms with Crippen molar-refractivity contribution in [1.29, 1.82) is 0 Å². The Balaban J connectivity index is 1.64. The Hall–Kier alpha value is -3.86. The SMILES string of the molecule is COC(=O)C1=C(C)NC2=C(C(=O)CC(c3ccc(OC)cc3)C2)C1c1cccc2ccccc12. The highest BCUT2D eigenvalue weighted by Gasteiger charge is 2.41. The summed E-state index contributed by atoms with van der Waals surface area (Å²) >= 11 is 0. The summed E-state index contributed by atoms with van der Waals surface area (Å²) in [5, 5.41) is 5.50. The van der Waals surface area contributed by atoms with Crippen molar-refractivity contribution >= 4 is 22.5 Å². The third-order valence-corrected chi connectivity index (χ3v) is 6.95. The number of benzene rings is 3. The van der Waals surface area contributed by atoms with Crippen LogP contribution in [0.3, 0.4) is 0 Å². The zero-order valence-electron chi connectivity index (χ0n) is 19.6. The Morgan fingerprint density at radius 1 is 0.941 bits per heavy atom. The van der Waals surface area contributed by atoms with Gasteiger partial charge in [0.15, 0.2) is 5.78 Å². The highest BCUT2D eigenvalue weighted by Crippen LogP contribution is 2.47. The Kier molecular flexibility index (Phi) is 5.70. The molecule has 3 aromatic carbocycles. The van der Waals surface area contributed by atoms with Gasteiger partial charge < -0.3 is 14.8 Å². The summed E-state index contributed by atoms with van der Waals surface area (Å²) < 4.78 is 10.5. The molecule has 1 aliphatic heterocycles. The maximum absolute atomic E-state index is 13.7. The molecule has 1 N–H and O–H groups in total. The smallest absolute Gasteiger partial charge is 0.336 e. The molecule has 0 saturated carbocycles. The number of hydrogen-bond acceptors (Lipinski definition) is 5. The van der Waals surface area contributed by atoms with Gasteiger partial charge in [-0.25, -0.2) is 4.79 Å². The second-order valence-electron chi connectivity index (χ2n) is 8.85. The van der Waals surface area contributed by atoms with Crippen molar-refractivity contribution in [2.24, 2.45) is 0 Å². The predicted octanol–water partition coefficient (Wildman–Crippen LogP) is 5.38. The molecule has 5 heteroatoms. The molecule has 2 aliphatic rings. The molecule has 0 amide bonds. The fraction of sp³-hybridized carbons (Fsp3) is 0.241. The molecule has 0 radical (unpaired) electrons. The Labute approximate surface area is 199 Å². The van der Waals surface area contributed by atoms with Gasteiger partial charge in [-0.15, -0.1) is 0 Å². The van der Waals surface area contributed by atoms with Gasteiger partial charge in [0.05, 0.1) is 19.8 Å². The van der Waals surface area contributed by atoms with Crippen LogP contribution in [0.1, 0.15) is 42.7 Å². The van der Waals surface area contributed by atoms with E-state index in [9.17, 15) is 9.59 Å². The maximum atomic E-state index is 13.7. The monoisotopic (exact) mass is 453 g/mol. The highest BCUT2D eigenvalue weighted by molar-refractivity contribution is 6.05. The topological polar surface area (TPSA) is 64.6 Å². The van der Waals surface area contributed by atoms with E-state index in [0.717, 1.165) is 39.0 Å². The van der Waals surface area contributed by atoms with E-state index in [-0.39, 0.29) is 11.7 Å². The van der Waals surface area contributed by atoms with Crippen molar-refractivity contribution in [3.8, 4) is 5.75 Å². The second kappa shape index (κ2) is 8.82. The number of nitrogens with one attached hydrogen (secondary N) is 1. The number of Topliss-reactive ketones (excluding diaryl/α,β-unsaturated/α-hetero) is 1. The normalized spacial score (nSPS) is 20.1. The maximum Gasteiger partial charge on any atom is 0.336 e. The summed E-state index contributed by atoms with van der Waals surface area (Å²) in [5.41, 5.74) is 4.83. The van der Waals surface area contributed by atoms with Crippen LogP contribution in [0.25, 0.3) is 10.8 Å². The molecule has 1 aliphatic carbocycles. The summed E-state index contributed by atoms with van der Waals surface area (Å²) in [6.07, 6.45) is 1.09. The van der Waals surface area contributed by atoms with Crippen LogP contribution >= 0.6 is 0 Å². The quantitative estimate of drug-likeness (QED) is 0.537. The highest BCUT2D eigenvalue weighted by atomic mass is 16.5. The van der Waals surface area contributed by atoms with Gasteiger partial charge in [0.1, 0.15) is 5.75 Å². The van der Waals surface area contributed by atoms with Crippen molar-refractivity contribution in [2.45, 2.75) is 31.6 Å². The first-order valence-electron chi connectivity index (χ1n) is 11.5. The molecule has 5 nitrogen and oxygen atoms in total. The van der Waals surface area contributed by atoms with Crippen LogP contribution in [0.2, 0.25) is 0 Å². The van der Waals surface area contributed by atoms with Gasteiger partial charge in [-0.1, -0.05) is 54.6 Å². The summed E-state index contributed by atoms with van der Waals surface area (Å²) in [5.74, 6) is 0.0180. The van der Waals surface area contributed by atoms with Gasteiger partial charge in [-0.05, 0) is 53.3 Å². The van der Waals surface area contributed by atoms with Crippen molar-refractivity contribution in [1.82, 2.24) is 5.32 Å². The average molecular weight is 454 g/mol. The number of carbonyl (C=O) groups excluding carboxylic acids is 2. The number of fused-ring (bicyclic) bond motifs is 1. The lowest BCUT2D eigenvalue weighted by molar-refractivity contribution is -0.136. The van der Waals surface area contributed by atoms with E-state index in [1.54, 1.807) is 7.11 Å². The van der Waals surface area contributed by atoms with E-state index < -0.39 is 11.9 Å². The van der Waals surface area contributed by atoms with Crippen LogP contribution in [0.15, 0.2) is 89.3 Å². The molecular formula is C29H27NO4. The number of dihydropyridines is 1.